The molecule has 1 aliphatic heterocycles. The first kappa shape index (κ1) is 16.5. The highest BCUT2D eigenvalue weighted by molar-refractivity contribution is 5.93. The molecule has 1 aromatic carbocycles. The maximum Gasteiger partial charge on any atom is 0.271 e. The molecule has 7 heteroatoms. The van der Waals surface area contributed by atoms with E-state index in [9.17, 15) is 9.18 Å². The second-order valence-corrected chi connectivity index (χ2v) is 6.81. The van der Waals surface area contributed by atoms with Crippen LogP contribution in [-0.4, -0.2) is 43.9 Å². The summed E-state index contributed by atoms with van der Waals surface area (Å²) in [7, 11) is 1.91. The summed E-state index contributed by atoms with van der Waals surface area (Å²) in [6.07, 6.45) is 5.82. The summed E-state index contributed by atoms with van der Waals surface area (Å²) in [6, 6.07) is 7.80. The number of halogens is 1. The number of likely N-dealkylation sites (tertiary alicyclic amines) is 1. The number of nitrogens with one attached hydrogen (secondary N) is 1. The SMILES string of the molecule is Cn1cc(CC2CCN(C(=O)c3cc(-c4ccc(F)cc4)n[nH]3)C2)cn1. The molecule has 1 fully saturated rings. The number of amides is 1. The molecule has 2 aromatic heterocycles. The number of hydrogen-bond donors (Lipinski definition) is 1. The van der Waals surface area contributed by atoms with Gasteiger partial charge in [0.1, 0.15) is 11.5 Å². The van der Waals surface area contributed by atoms with Gasteiger partial charge < -0.3 is 4.90 Å². The number of benzene rings is 1. The standard InChI is InChI=1S/C19H20FN5O/c1-24-11-14(10-21-24)8-13-6-7-25(12-13)19(26)18-9-17(22-23-18)15-2-4-16(20)5-3-15/h2-5,9-11,13H,6-8,12H2,1H3,(H,22,23). The van der Waals surface area contributed by atoms with E-state index in [1.807, 2.05) is 24.3 Å². The van der Waals surface area contributed by atoms with E-state index in [1.165, 1.54) is 17.7 Å². The minimum absolute atomic E-state index is 0.0421. The Labute approximate surface area is 150 Å². The molecule has 6 nitrogen and oxygen atoms in total. The maximum atomic E-state index is 13.0. The Balaban J connectivity index is 1.41. The molecule has 1 unspecified atom stereocenters. The fourth-order valence-corrected chi connectivity index (χ4v) is 3.46. The zero-order chi connectivity index (χ0) is 18.1. The molecule has 26 heavy (non-hydrogen) atoms. The molecular formula is C19H20FN5O. The van der Waals surface area contributed by atoms with Crippen LogP contribution in [0.3, 0.4) is 0 Å². The normalized spacial score (nSPS) is 17.0. The van der Waals surface area contributed by atoms with Crippen molar-refractivity contribution >= 4 is 5.91 Å². The van der Waals surface area contributed by atoms with Crippen LogP contribution in [0.25, 0.3) is 11.3 Å². The van der Waals surface area contributed by atoms with E-state index in [4.69, 9.17) is 0 Å². The van der Waals surface area contributed by atoms with Gasteiger partial charge >= 0.3 is 0 Å². The first-order valence-corrected chi connectivity index (χ1v) is 8.66. The van der Waals surface area contributed by atoms with Crippen molar-refractivity contribution in [3.8, 4) is 11.3 Å². The number of aromatic amines is 1. The van der Waals surface area contributed by atoms with Gasteiger partial charge in [0.05, 0.1) is 11.9 Å². The van der Waals surface area contributed by atoms with Gasteiger partial charge in [-0.3, -0.25) is 14.6 Å². The highest BCUT2D eigenvalue weighted by Crippen LogP contribution is 2.23. The van der Waals surface area contributed by atoms with Crippen molar-refractivity contribution in [1.82, 2.24) is 24.9 Å². The summed E-state index contributed by atoms with van der Waals surface area (Å²) in [4.78, 5) is 14.6. The summed E-state index contributed by atoms with van der Waals surface area (Å²) in [5.41, 5.74) is 3.08. The van der Waals surface area contributed by atoms with Crippen molar-refractivity contribution < 1.29 is 9.18 Å². The topological polar surface area (TPSA) is 66.8 Å². The first-order valence-electron chi connectivity index (χ1n) is 8.66. The van der Waals surface area contributed by atoms with Crippen LogP contribution >= 0.6 is 0 Å². The lowest BCUT2D eigenvalue weighted by Crippen LogP contribution is -2.29. The second kappa shape index (κ2) is 6.74. The van der Waals surface area contributed by atoms with Crippen molar-refractivity contribution in [2.45, 2.75) is 12.8 Å². The Morgan fingerprint density at radius 2 is 2.15 bits per heavy atom. The quantitative estimate of drug-likeness (QED) is 0.784. The zero-order valence-corrected chi connectivity index (χ0v) is 14.5. The van der Waals surface area contributed by atoms with Crippen molar-refractivity contribution in [2.75, 3.05) is 13.1 Å². The maximum absolute atomic E-state index is 13.0. The molecule has 1 atom stereocenters. The van der Waals surface area contributed by atoms with Crippen LogP contribution in [0.2, 0.25) is 0 Å². The predicted molar refractivity (Wildman–Crippen MR) is 94.9 cm³/mol. The molecule has 1 aliphatic rings. The fraction of sp³-hybridized carbons (Fsp3) is 0.316. The van der Waals surface area contributed by atoms with E-state index in [0.29, 0.717) is 17.3 Å². The highest BCUT2D eigenvalue weighted by atomic mass is 19.1. The summed E-state index contributed by atoms with van der Waals surface area (Å²) in [5, 5.41) is 11.2. The van der Waals surface area contributed by atoms with Crippen molar-refractivity contribution in [3.63, 3.8) is 0 Å². The van der Waals surface area contributed by atoms with Crippen LogP contribution in [0.4, 0.5) is 4.39 Å². The molecule has 3 heterocycles. The Hall–Kier alpha value is -2.96. The van der Waals surface area contributed by atoms with Crippen LogP contribution in [0, 0.1) is 11.7 Å². The molecule has 1 amide bonds. The number of nitrogens with zero attached hydrogens (tertiary/aromatic N) is 4. The minimum Gasteiger partial charge on any atom is -0.337 e. The van der Waals surface area contributed by atoms with E-state index in [1.54, 1.807) is 22.9 Å². The molecule has 134 valence electrons. The summed E-state index contributed by atoms with van der Waals surface area (Å²) in [5.74, 6) is 0.111. The molecule has 1 saturated heterocycles. The van der Waals surface area contributed by atoms with Crippen molar-refractivity contribution in [2.24, 2.45) is 13.0 Å². The second-order valence-electron chi connectivity index (χ2n) is 6.81. The summed E-state index contributed by atoms with van der Waals surface area (Å²) < 4.78 is 14.8. The molecule has 1 N–H and O–H groups in total. The summed E-state index contributed by atoms with van der Waals surface area (Å²) in [6.45, 7) is 1.48. The molecule has 0 radical (unpaired) electrons. The first-order chi connectivity index (χ1) is 12.6. The molecule has 3 aromatic rings. The van der Waals surface area contributed by atoms with Gasteiger partial charge in [0, 0.05) is 31.9 Å². The minimum atomic E-state index is -0.294. The average Bonchev–Trinajstić information content (AvgIpc) is 3.37. The van der Waals surface area contributed by atoms with Gasteiger partial charge in [0.2, 0.25) is 0 Å². The number of hydrogen-bond acceptors (Lipinski definition) is 3. The monoisotopic (exact) mass is 353 g/mol. The number of carbonyl (C=O) groups excluding carboxylic acids is 1. The third kappa shape index (κ3) is 3.37. The third-order valence-corrected chi connectivity index (χ3v) is 4.80. The molecule has 4 rings (SSSR count). The van der Waals surface area contributed by atoms with Gasteiger partial charge in [-0.05, 0) is 54.7 Å². The van der Waals surface area contributed by atoms with Gasteiger partial charge in [0.15, 0.2) is 0 Å². The molecule has 0 bridgehead atoms. The smallest absolute Gasteiger partial charge is 0.271 e. The molecule has 0 spiro atoms. The van der Waals surface area contributed by atoms with Crippen LogP contribution in [0.15, 0.2) is 42.7 Å². The predicted octanol–water partition coefficient (Wildman–Crippen LogP) is 2.65. The highest BCUT2D eigenvalue weighted by Gasteiger charge is 2.28. The number of rotatable bonds is 4. The zero-order valence-electron chi connectivity index (χ0n) is 14.5. The fourth-order valence-electron chi connectivity index (χ4n) is 3.46. The molecule has 0 saturated carbocycles. The van der Waals surface area contributed by atoms with Crippen LogP contribution < -0.4 is 0 Å². The van der Waals surface area contributed by atoms with Gasteiger partial charge in [-0.2, -0.15) is 10.2 Å². The van der Waals surface area contributed by atoms with E-state index in [0.717, 1.165) is 31.5 Å². The Kier molecular flexibility index (Phi) is 4.28. The number of H-pyrrole nitrogens is 1. The number of aromatic nitrogens is 4. The van der Waals surface area contributed by atoms with E-state index >= 15 is 0 Å². The lowest BCUT2D eigenvalue weighted by Gasteiger charge is -2.15. The Bertz CT molecular complexity index is 914. The Morgan fingerprint density at radius 1 is 1.35 bits per heavy atom. The van der Waals surface area contributed by atoms with Crippen LogP contribution in [0.5, 0.6) is 0 Å². The number of aryl methyl sites for hydroxylation is 1. The van der Waals surface area contributed by atoms with E-state index in [2.05, 4.69) is 15.3 Å². The van der Waals surface area contributed by atoms with Crippen LogP contribution in [0.1, 0.15) is 22.5 Å². The van der Waals surface area contributed by atoms with Gasteiger partial charge in [0.25, 0.3) is 5.91 Å². The molecule has 0 aliphatic carbocycles. The number of carbonyl (C=O) groups is 1. The summed E-state index contributed by atoms with van der Waals surface area (Å²) >= 11 is 0. The lowest BCUT2D eigenvalue weighted by atomic mass is 10.0. The van der Waals surface area contributed by atoms with Crippen molar-refractivity contribution in [1.29, 1.82) is 0 Å². The lowest BCUT2D eigenvalue weighted by molar-refractivity contribution is 0.0781. The van der Waals surface area contributed by atoms with Gasteiger partial charge in [-0.15, -0.1) is 0 Å². The average molecular weight is 353 g/mol. The largest absolute Gasteiger partial charge is 0.337 e. The van der Waals surface area contributed by atoms with Gasteiger partial charge in [-0.25, -0.2) is 4.39 Å². The van der Waals surface area contributed by atoms with Crippen LogP contribution in [-0.2, 0) is 13.5 Å². The molecular weight excluding hydrogens is 333 g/mol. The van der Waals surface area contributed by atoms with Crippen molar-refractivity contribution in [3.05, 3.63) is 59.8 Å². The third-order valence-electron chi connectivity index (χ3n) is 4.80. The van der Waals surface area contributed by atoms with E-state index < -0.39 is 0 Å². The van der Waals surface area contributed by atoms with Gasteiger partial charge in [-0.1, -0.05) is 0 Å². The Morgan fingerprint density at radius 3 is 2.88 bits per heavy atom. The van der Waals surface area contributed by atoms with E-state index in [-0.39, 0.29) is 11.7 Å².